The van der Waals surface area contributed by atoms with Crippen LogP contribution in [0.15, 0.2) is 42.6 Å². The fraction of sp³-hybridized carbons (Fsp3) is 0.200. The number of pyridine rings is 1. The van der Waals surface area contributed by atoms with E-state index in [2.05, 4.69) is 4.98 Å². The topological polar surface area (TPSA) is 59.2 Å². The highest BCUT2D eigenvalue weighted by molar-refractivity contribution is 5.98. The molecule has 2 N–H and O–H groups in total. The van der Waals surface area contributed by atoms with Crippen LogP contribution in [0.5, 0.6) is 0 Å². The summed E-state index contributed by atoms with van der Waals surface area (Å²) >= 11 is 0. The maximum atomic E-state index is 12.3. The van der Waals surface area contributed by atoms with E-state index >= 15 is 0 Å². The van der Waals surface area contributed by atoms with Crippen molar-refractivity contribution in [2.75, 3.05) is 12.8 Å². The SMILES string of the molecule is Cc1cc(N)c(C(=O)N(C)Cc2ccccc2)cn1. The quantitative estimate of drug-likeness (QED) is 0.915. The Balaban J connectivity index is 2.15. The minimum atomic E-state index is -0.117. The number of nitrogens with two attached hydrogens (primary N) is 1. The summed E-state index contributed by atoms with van der Waals surface area (Å²) in [6, 6.07) is 11.5. The highest BCUT2D eigenvalue weighted by Gasteiger charge is 2.15. The third-order valence-electron chi connectivity index (χ3n) is 2.91. The zero-order chi connectivity index (χ0) is 13.8. The van der Waals surface area contributed by atoms with E-state index in [0.29, 0.717) is 17.8 Å². The number of hydrogen-bond donors (Lipinski definition) is 1. The fourth-order valence-corrected chi connectivity index (χ4v) is 1.89. The predicted octanol–water partition coefficient (Wildman–Crippen LogP) is 2.24. The second-order valence-corrected chi connectivity index (χ2v) is 4.56. The second-order valence-electron chi connectivity index (χ2n) is 4.56. The van der Waals surface area contributed by atoms with E-state index in [1.807, 2.05) is 37.3 Å². The van der Waals surface area contributed by atoms with Gasteiger partial charge in [-0.1, -0.05) is 30.3 Å². The summed E-state index contributed by atoms with van der Waals surface area (Å²) in [5.41, 5.74) is 8.67. The summed E-state index contributed by atoms with van der Waals surface area (Å²) in [6.07, 6.45) is 1.54. The molecule has 0 saturated heterocycles. The van der Waals surface area contributed by atoms with Crippen molar-refractivity contribution in [3.8, 4) is 0 Å². The molecule has 0 fully saturated rings. The Morgan fingerprint density at radius 2 is 2.00 bits per heavy atom. The average Bonchev–Trinajstić information content (AvgIpc) is 2.39. The lowest BCUT2D eigenvalue weighted by Crippen LogP contribution is -2.27. The summed E-state index contributed by atoms with van der Waals surface area (Å²) in [7, 11) is 1.76. The molecule has 0 atom stereocenters. The van der Waals surface area contributed by atoms with Crippen LogP contribution in [0.1, 0.15) is 21.6 Å². The molecule has 0 bridgehead atoms. The Morgan fingerprint density at radius 3 is 2.63 bits per heavy atom. The number of nitrogens with zero attached hydrogens (tertiary/aromatic N) is 2. The molecule has 0 aliphatic heterocycles. The Bertz CT molecular complexity index is 581. The van der Waals surface area contributed by atoms with Crippen molar-refractivity contribution in [2.45, 2.75) is 13.5 Å². The van der Waals surface area contributed by atoms with Gasteiger partial charge in [-0.15, -0.1) is 0 Å². The first-order valence-corrected chi connectivity index (χ1v) is 6.09. The fourth-order valence-electron chi connectivity index (χ4n) is 1.89. The zero-order valence-corrected chi connectivity index (χ0v) is 11.1. The van der Waals surface area contributed by atoms with Gasteiger partial charge in [0.05, 0.1) is 5.56 Å². The van der Waals surface area contributed by atoms with Crippen LogP contribution >= 0.6 is 0 Å². The Labute approximate surface area is 112 Å². The number of nitrogen functional groups attached to an aromatic ring is 1. The van der Waals surface area contributed by atoms with E-state index in [9.17, 15) is 4.79 Å². The van der Waals surface area contributed by atoms with Crippen LogP contribution < -0.4 is 5.73 Å². The van der Waals surface area contributed by atoms with Crippen LogP contribution in [-0.4, -0.2) is 22.8 Å². The molecule has 1 heterocycles. The van der Waals surface area contributed by atoms with Gasteiger partial charge < -0.3 is 10.6 Å². The van der Waals surface area contributed by atoms with Crippen molar-refractivity contribution < 1.29 is 4.79 Å². The molecular formula is C15H17N3O. The molecule has 0 aliphatic carbocycles. The van der Waals surface area contributed by atoms with Crippen LogP contribution in [-0.2, 0) is 6.54 Å². The zero-order valence-electron chi connectivity index (χ0n) is 11.1. The highest BCUT2D eigenvalue weighted by atomic mass is 16.2. The molecule has 19 heavy (non-hydrogen) atoms. The van der Waals surface area contributed by atoms with E-state index in [4.69, 9.17) is 5.73 Å². The van der Waals surface area contributed by atoms with Gasteiger partial charge in [0.25, 0.3) is 5.91 Å². The lowest BCUT2D eigenvalue weighted by atomic mass is 10.1. The number of aryl methyl sites for hydroxylation is 1. The van der Waals surface area contributed by atoms with Crippen LogP contribution in [0.4, 0.5) is 5.69 Å². The van der Waals surface area contributed by atoms with Gasteiger partial charge in [-0.05, 0) is 18.6 Å². The van der Waals surface area contributed by atoms with Crippen LogP contribution in [0, 0.1) is 6.92 Å². The molecule has 0 aliphatic rings. The minimum Gasteiger partial charge on any atom is -0.398 e. The lowest BCUT2D eigenvalue weighted by molar-refractivity contribution is 0.0785. The summed E-state index contributed by atoms with van der Waals surface area (Å²) in [5.74, 6) is -0.117. The van der Waals surface area contributed by atoms with Crippen LogP contribution in [0.25, 0.3) is 0 Å². The molecule has 0 spiro atoms. The molecule has 0 radical (unpaired) electrons. The number of carbonyl (C=O) groups excluding carboxylic acids is 1. The molecule has 2 aromatic rings. The number of aromatic nitrogens is 1. The number of carbonyl (C=O) groups is 1. The van der Waals surface area contributed by atoms with Gasteiger partial charge in [-0.2, -0.15) is 0 Å². The monoisotopic (exact) mass is 255 g/mol. The van der Waals surface area contributed by atoms with Crippen molar-refractivity contribution in [1.82, 2.24) is 9.88 Å². The van der Waals surface area contributed by atoms with Gasteiger partial charge in [0.15, 0.2) is 0 Å². The van der Waals surface area contributed by atoms with E-state index in [0.717, 1.165) is 11.3 Å². The van der Waals surface area contributed by atoms with Crippen molar-refractivity contribution in [3.05, 3.63) is 59.4 Å². The second kappa shape index (κ2) is 5.52. The number of hydrogen-bond acceptors (Lipinski definition) is 3. The van der Waals surface area contributed by atoms with E-state index in [-0.39, 0.29) is 5.91 Å². The summed E-state index contributed by atoms with van der Waals surface area (Å²) < 4.78 is 0. The Kier molecular flexibility index (Phi) is 3.80. The van der Waals surface area contributed by atoms with Crippen LogP contribution in [0.2, 0.25) is 0 Å². The molecule has 4 nitrogen and oxygen atoms in total. The number of anilines is 1. The number of rotatable bonds is 3. The van der Waals surface area contributed by atoms with Gasteiger partial charge in [-0.3, -0.25) is 9.78 Å². The summed E-state index contributed by atoms with van der Waals surface area (Å²) in [5, 5.41) is 0. The molecule has 1 aromatic heterocycles. The van der Waals surface area contributed by atoms with Gasteiger partial charge in [-0.25, -0.2) is 0 Å². The maximum absolute atomic E-state index is 12.3. The van der Waals surface area contributed by atoms with Crippen molar-refractivity contribution in [3.63, 3.8) is 0 Å². The van der Waals surface area contributed by atoms with Crippen molar-refractivity contribution in [2.24, 2.45) is 0 Å². The Morgan fingerprint density at radius 1 is 1.32 bits per heavy atom. The lowest BCUT2D eigenvalue weighted by Gasteiger charge is -2.18. The van der Waals surface area contributed by atoms with Gasteiger partial charge >= 0.3 is 0 Å². The first kappa shape index (κ1) is 13.1. The normalized spacial score (nSPS) is 10.2. The first-order valence-electron chi connectivity index (χ1n) is 6.09. The van der Waals surface area contributed by atoms with E-state index in [1.165, 1.54) is 6.20 Å². The number of amides is 1. The summed E-state index contributed by atoms with van der Waals surface area (Å²) in [4.78, 5) is 18.0. The molecular weight excluding hydrogens is 238 g/mol. The maximum Gasteiger partial charge on any atom is 0.257 e. The highest BCUT2D eigenvalue weighted by Crippen LogP contribution is 2.15. The third kappa shape index (κ3) is 3.10. The van der Waals surface area contributed by atoms with Crippen LogP contribution in [0.3, 0.4) is 0 Å². The predicted molar refractivity (Wildman–Crippen MR) is 75.6 cm³/mol. The average molecular weight is 255 g/mol. The minimum absolute atomic E-state index is 0.117. The van der Waals surface area contributed by atoms with E-state index in [1.54, 1.807) is 18.0 Å². The molecule has 98 valence electrons. The number of benzene rings is 1. The smallest absolute Gasteiger partial charge is 0.257 e. The molecule has 2 rings (SSSR count). The molecule has 1 amide bonds. The molecule has 1 aromatic carbocycles. The molecule has 0 saturated carbocycles. The molecule has 0 unspecified atom stereocenters. The summed E-state index contributed by atoms with van der Waals surface area (Å²) in [6.45, 7) is 2.39. The molecule has 4 heteroatoms. The van der Waals surface area contributed by atoms with E-state index < -0.39 is 0 Å². The first-order chi connectivity index (χ1) is 9.08. The van der Waals surface area contributed by atoms with Gasteiger partial charge in [0.1, 0.15) is 0 Å². The van der Waals surface area contributed by atoms with Gasteiger partial charge in [0.2, 0.25) is 0 Å². The van der Waals surface area contributed by atoms with Crippen molar-refractivity contribution >= 4 is 11.6 Å². The Hall–Kier alpha value is -2.36. The third-order valence-corrected chi connectivity index (χ3v) is 2.91. The van der Waals surface area contributed by atoms with Crippen molar-refractivity contribution in [1.29, 1.82) is 0 Å². The largest absolute Gasteiger partial charge is 0.398 e. The standard InChI is InChI=1S/C15H17N3O/c1-11-8-14(16)13(9-17-11)15(19)18(2)10-12-6-4-3-5-7-12/h3-9H,10H2,1-2H3,(H2,16,17). The van der Waals surface area contributed by atoms with Gasteiger partial charge in [0, 0.05) is 31.2 Å².